The lowest BCUT2D eigenvalue weighted by Crippen LogP contribution is -2.48. The van der Waals surface area contributed by atoms with Crippen molar-refractivity contribution in [1.29, 1.82) is 0 Å². The first-order valence-corrected chi connectivity index (χ1v) is 6.99. The maximum atomic E-state index is 13.1. The molecule has 138 valence electrons. The first-order chi connectivity index (χ1) is 11.2. The summed E-state index contributed by atoms with van der Waals surface area (Å²) in [5.74, 6) is 0. The molecule has 0 aliphatic rings. The van der Waals surface area contributed by atoms with Crippen molar-refractivity contribution in [3.8, 4) is 0 Å². The topological polar surface area (TPSA) is 56.3 Å². The molecule has 0 amide bonds. The van der Waals surface area contributed by atoms with Crippen molar-refractivity contribution in [3.05, 3.63) is 40.2 Å². The standard InChI is InChI=1S/C15H14F6N2O2/c1-13(2,25)23(7-14(16,17)18)8-3-4-11-9(5-8)10(15(19,20)21)6-12(24)22-11/h3-6,25H,7H2,1-2H3,(H,22,24). The number of nitrogens with one attached hydrogen (secondary N) is 1. The van der Waals surface area contributed by atoms with Crippen LogP contribution in [0.3, 0.4) is 0 Å². The number of aromatic amines is 1. The van der Waals surface area contributed by atoms with Crippen LogP contribution in [0, 0.1) is 0 Å². The summed E-state index contributed by atoms with van der Waals surface area (Å²) < 4.78 is 77.8. The molecule has 1 aromatic heterocycles. The zero-order valence-corrected chi connectivity index (χ0v) is 13.1. The van der Waals surface area contributed by atoms with Crippen LogP contribution < -0.4 is 10.5 Å². The van der Waals surface area contributed by atoms with Crippen LogP contribution in [0.4, 0.5) is 32.0 Å². The largest absolute Gasteiger partial charge is 0.417 e. The maximum Gasteiger partial charge on any atom is 0.417 e. The predicted octanol–water partition coefficient (Wildman–Crippen LogP) is 3.64. The number of nitrogens with zero attached hydrogens (tertiary/aromatic N) is 1. The van der Waals surface area contributed by atoms with Crippen LogP contribution in [0.2, 0.25) is 0 Å². The summed E-state index contributed by atoms with van der Waals surface area (Å²) in [6.07, 6.45) is -9.55. The Hall–Kier alpha value is -2.23. The molecule has 0 saturated heterocycles. The monoisotopic (exact) mass is 368 g/mol. The highest BCUT2D eigenvalue weighted by Gasteiger charge is 2.38. The highest BCUT2D eigenvalue weighted by molar-refractivity contribution is 5.86. The fourth-order valence-corrected chi connectivity index (χ4v) is 2.42. The third kappa shape index (κ3) is 4.44. The third-order valence-corrected chi connectivity index (χ3v) is 3.44. The SMILES string of the molecule is CC(C)(O)N(CC(F)(F)F)c1ccc2[nH]c(=O)cc(C(F)(F)F)c2c1. The van der Waals surface area contributed by atoms with Gasteiger partial charge in [-0.1, -0.05) is 0 Å². The minimum atomic E-state index is -4.87. The molecule has 0 unspecified atom stereocenters. The number of hydrogen-bond acceptors (Lipinski definition) is 3. The molecule has 0 aliphatic carbocycles. The minimum Gasteiger partial charge on any atom is -0.371 e. The lowest BCUT2D eigenvalue weighted by Gasteiger charge is -2.36. The van der Waals surface area contributed by atoms with E-state index in [0.717, 1.165) is 32.0 Å². The Balaban J connectivity index is 2.70. The van der Waals surface area contributed by atoms with E-state index in [9.17, 15) is 36.2 Å². The molecule has 4 nitrogen and oxygen atoms in total. The average Bonchev–Trinajstić information content (AvgIpc) is 2.40. The van der Waals surface area contributed by atoms with Crippen molar-refractivity contribution >= 4 is 16.6 Å². The van der Waals surface area contributed by atoms with E-state index in [-0.39, 0.29) is 11.2 Å². The average molecular weight is 368 g/mol. The van der Waals surface area contributed by atoms with E-state index in [1.807, 2.05) is 0 Å². The van der Waals surface area contributed by atoms with E-state index in [1.165, 1.54) is 0 Å². The number of pyridine rings is 1. The predicted molar refractivity (Wildman–Crippen MR) is 79.3 cm³/mol. The number of fused-ring (bicyclic) bond motifs is 1. The molecule has 0 aliphatic heterocycles. The number of anilines is 1. The smallest absolute Gasteiger partial charge is 0.371 e. The Labute approximate surface area is 137 Å². The van der Waals surface area contributed by atoms with Crippen LogP contribution in [0.15, 0.2) is 29.1 Å². The summed E-state index contributed by atoms with van der Waals surface area (Å²) in [4.78, 5) is 14.1. The third-order valence-electron chi connectivity index (χ3n) is 3.44. The molecule has 2 aromatic rings. The number of alkyl halides is 6. The number of halogens is 6. The molecule has 0 atom stereocenters. The number of hydrogen-bond donors (Lipinski definition) is 2. The fraction of sp³-hybridized carbons (Fsp3) is 0.400. The van der Waals surface area contributed by atoms with E-state index < -0.39 is 41.1 Å². The summed E-state index contributed by atoms with van der Waals surface area (Å²) in [6.45, 7) is 0.605. The zero-order valence-electron chi connectivity index (χ0n) is 13.1. The van der Waals surface area contributed by atoms with Crippen LogP contribution in [-0.4, -0.2) is 28.5 Å². The zero-order chi connectivity index (χ0) is 19.2. The second kappa shape index (κ2) is 5.94. The van der Waals surface area contributed by atoms with Crippen LogP contribution in [0.5, 0.6) is 0 Å². The first kappa shape index (κ1) is 19.1. The number of rotatable bonds is 3. The number of aromatic nitrogens is 1. The van der Waals surface area contributed by atoms with Gasteiger partial charge >= 0.3 is 12.4 Å². The maximum absolute atomic E-state index is 13.1. The second-order valence-corrected chi connectivity index (χ2v) is 5.97. The Kier molecular flexibility index (Phi) is 4.54. The van der Waals surface area contributed by atoms with Gasteiger partial charge in [0.15, 0.2) is 0 Å². The van der Waals surface area contributed by atoms with Crippen molar-refractivity contribution in [2.45, 2.75) is 31.9 Å². The first-order valence-electron chi connectivity index (χ1n) is 6.99. The Bertz CT molecular complexity index is 833. The summed E-state index contributed by atoms with van der Waals surface area (Å²) in [5, 5.41) is 9.51. The lowest BCUT2D eigenvalue weighted by molar-refractivity contribution is -0.136. The van der Waals surface area contributed by atoms with Crippen molar-refractivity contribution < 1.29 is 31.4 Å². The van der Waals surface area contributed by atoms with Gasteiger partial charge in [0.1, 0.15) is 12.3 Å². The van der Waals surface area contributed by atoms with E-state index in [0.29, 0.717) is 11.0 Å². The molecular formula is C15H14F6N2O2. The quantitative estimate of drug-likeness (QED) is 0.642. The van der Waals surface area contributed by atoms with Crippen LogP contribution in [0.25, 0.3) is 10.9 Å². The van der Waals surface area contributed by atoms with E-state index in [4.69, 9.17) is 0 Å². The molecule has 1 aromatic carbocycles. The molecule has 2 rings (SSSR count). The van der Waals surface area contributed by atoms with Gasteiger partial charge in [0.2, 0.25) is 5.56 Å². The summed E-state index contributed by atoms with van der Waals surface area (Å²) in [6, 6.07) is 3.36. The molecule has 0 saturated carbocycles. The minimum absolute atomic E-state index is 0.175. The van der Waals surface area contributed by atoms with E-state index >= 15 is 0 Å². The van der Waals surface area contributed by atoms with Gasteiger partial charge in [0, 0.05) is 22.7 Å². The van der Waals surface area contributed by atoms with Gasteiger partial charge < -0.3 is 15.0 Å². The van der Waals surface area contributed by atoms with Crippen molar-refractivity contribution in [3.63, 3.8) is 0 Å². The van der Waals surface area contributed by atoms with Gasteiger partial charge in [-0.2, -0.15) is 26.3 Å². The van der Waals surface area contributed by atoms with Gasteiger partial charge in [-0.25, -0.2) is 0 Å². The summed E-state index contributed by atoms with van der Waals surface area (Å²) in [5.41, 5.74) is -4.68. The normalized spacial score (nSPS) is 13.3. The van der Waals surface area contributed by atoms with Gasteiger partial charge in [0.05, 0.1) is 5.56 Å². The molecule has 2 N–H and O–H groups in total. The Morgan fingerprint density at radius 2 is 1.68 bits per heavy atom. The van der Waals surface area contributed by atoms with Gasteiger partial charge in [-0.15, -0.1) is 0 Å². The lowest BCUT2D eigenvalue weighted by atomic mass is 10.1. The van der Waals surface area contributed by atoms with Crippen LogP contribution in [-0.2, 0) is 6.18 Å². The number of H-pyrrole nitrogens is 1. The number of aliphatic hydroxyl groups is 1. The summed E-state index contributed by atoms with van der Waals surface area (Å²) >= 11 is 0. The highest BCUT2D eigenvalue weighted by atomic mass is 19.4. The van der Waals surface area contributed by atoms with Crippen LogP contribution >= 0.6 is 0 Å². The molecule has 10 heteroatoms. The van der Waals surface area contributed by atoms with Gasteiger partial charge in [0.25, 0.3) is 0 Å². The summed E-state index contributed by atoms with van der Waals surface area (Å²) in [7, 11) is 0. The van der Waals surface area contributed by atoms with Crippen molar-refractivity contribution in [2.75, 3.05) is 11.4 Å². The fourth-order valence-electron chi connectivity index (χ4n) is 2.42. The van der Waals surface area contributed by atoms with Gasteiger partial charge in [-0.05, 0) is 32.0 Å². The molecular weight excluding hydrogens is 354 g/mol. The molecule has 0 radical (unpaired) electrons. The Morgan fingerprint density at radius 3 is 2.16 bits per heavy atom. The Morgan fingerprint density at radius 1 is 1.08 bits per heavy atom. The second-order valence-electron chi connectivity index (χ2n) is 5.97. The number of benzene rings is 1. The molecule has 0 bridgehead atoms. The highest BCUT2D eigenvalue weighted by Crippen LogP contribution is 2.36. The van der Waals surface area contributed by atoms with E-state index in [1.54, 1.807) is 0 Å². The molecule has 25 heavy (non-hydrogen) atoms. The molecule has 1 heterocycles. The van der Waals surface area contributed by atoms with Crippen molar-refractivity contribution in [2.24, 2.45) is 0 Å². The van der Waals surface area contributed by atoms with E-state index in [2.05, 4.69) is 4.98 Å². The molecule has 0 spiro atoms. The van der Waals surface area contributed by atoms with Crippen molar-refractivity contribution in [1.82, 2.24) is 4.98 Å². The van der Waals surface area contributed by atoms with Gasteiger partial charge in [-0.3, -0.25) is 4.79 Å². The van der Waals surface area contributed by atoms with Crippen LogP contribution in [0.1, 0.15) is 19.4 Å². The molecule has 0 fully saturated rings.